The summed E-state index contributed by atoms with van der Waals surface area (Å²) in [5, 5.41) is 6.47. The first-order valence-electron chi connectivity index (χ1n) is 7.16. The third kappa shape index (κ3) is 3.98. The quantitative estimate of drug-likeness (QED) is 0.812. The molecule has 1 rings (SSSR count). The Labute approximate surface area is 112 Å². The van der Waals surface area contributed by atoms with Crippen molar-refractivity contribution in [3.05, 3.63) is 0 Å². The number of nitrogens with one attached hydrogen (secondary N) is 2. The summed E-state index contributed by atoms with van der Waals surface area (Å²) in [6.45, 7) is 14.9. The molecule has 1 aliphatic heterocycles. The molecule has 3 heteroatoms. The predicted molar refractivity (Wildman–Crippen MR) is 76.4 cm³/mol. The molecule has 0 aromatic heterocycles. The van der Waals surface area contributed by atoms with Crippen molar-refractivity contribution in [1.82, 2.24) is 10.6 Å². The molecule has 2 atom stereocenters. The molecule has 18 heavy (non-hydrogen) atoms. The highest BCUT2D eigenvalue weighted by molar-refractivity contribution is 5.82. The smallest absolute Gasteiger partial charge is 0.237 e. The number of carbonyl (C=O) groups excluding carboxylic acids is 1. The van der Waals surface area contributed by atoms with Crippen molar-refractivity contribution in [2.24, 2.45) is 16.7 Å². The fourth-order valence-corrected chi connectivity index (χ4v) is 2.32. The van der Waals surface area contributed by atoms with Crippen molar-refractivity contribution >= 4 is 5.91 Å². The van der Waals surface area contributed by atoms with Gasteiger partial charge in [-0.15, -0.1) is 0 Å². The molecule has 0 radical (unpaired) electrons. The highest BCUT2D eigenvalue weighted by atomic mass is 16.2. The van der Waals surface area contributed by atoms with Crippen molar-refractivity contribution in [2.75, 3.05) is 13.1 Å². The summed E-state index contributed by atoms with van der Waals surface area (Å²) in [5.74, 6) is 0.643. The van der Waals surface area contributed by atoms with Crippen molar-refractivity contribution < 1.29 is 4.79 Å². The Bertz CT molecular complexity index is 291. The Morgan fingerprint density at radius 3 is 2.56 bits per heavy atom. The molecule has 3 nitrogen and oxygen atoms in total. The Hall–Kier alpha value is -0.570. The molecule has 1 amide bonds. The molecule has 1 aliphatic rings. The van der Waals surface area contributed by atoms with Crippen molar-refractivity contribution in [3.8, 4) is 0 Å². The second-order valence-corrected chi connectivity index (χ2v) is 7.49. The van der Waals surface area contributed by atoms with Gasteiger partial charge in [0.05, 0.1) is 6.04 Å². The van der Waals surface area contributed by atoms with E-state index >= 15 is 0 Å². The lowest BCUT2D eigenvalue weighted by Gasteiger charge is -2.38. The minimum Gasteiger partial charge on any atom is -0.354 e. The lowest BCUT2D eigenvalue weighted by Crippen LogP contribution is -2.56. The van der Waals surface area contributed by atoms with E-state index < -0.39 is 0 Å². The van der Waals surface area contributed by atoms with Gasteiger partial charge >= 0.3 is 0 Å². The second kappa shape index (κ2) is 5.60. The van der Waals surface area contributed by atoms with Crippen LogP contribution < -0.4 is 10.6 Å². The molecule has 2 unspecified atom stereocenters. The first-order valence-corrected chi connectivity index (χ1v) is 7.16. The van der Waals surface area contributed by atoms with Gasteiger partial charge in [-0.25, -0.2) is 0 Å². The molecule has 1 saturated heterocycles. The number of hydrogen-bond donors (Lipinski definition) is 2. The van der Waals surface area contributed by atoms with E-state index in [0.29, 0.717) is 5.92 Å². The lowest BCUT2D eigenvalue weighted by molar-refractivity contribution is -0.127. The monoisotopic (exact) mass is 254 g/mol. The summed E-state index contributed by atoms with van der Waals surface area (Å²) in [6.07, 6.45) is 2.28. The predicted octanol–water partition coefficient (Wildman–Crippen LogP) is 2.56. The molecule has 106 valence electrons. The van der Waals surface area contributed by atoms with Gasteiger partial charge in [-0.1, -0.05) is 41.5 Å². The molecule has 2 N–H and O–H groups in total. The van der Waals surface area contributed by atoms with Crippen LogP contribution in [0, 0.1) is 16.7 Å². The van der Waals surface area contributed by atoms with E-state index in [1.54, 1.807) is 0 Å². The third-order valence-electron chi connectivity index (χ3n) is 4.45. The maximum Gasteiger partial charge on any atom is 0.237 e. The van der Waals surface area contributed by atoms with Crippen molar-refractivity contribution in [1.29, 1.82) is 0 Å². The van der Waals surface area contributed by atoms with Gasteiger partial charge in [-0.3, -0.25) is 4.79 Å². The zero-order valence-electron chi connectivity index (χ0n) is 12.9. The molecule has 0 saturated carbocycles. The van der Waals surface area contributed by atoms with Gasteiger partial charge in [0.2, 0.25) is 5.91 Å². The molecule has 0 aliphatic carbocycles. The summed E-state index contributed by atoms with van der Waals surface area (Å²) in [4.78, 5) is 12.3. The van der Waals surface area contributed by atoms with Crippen LogP contribution >= 0.6 is 0 Å². The van der Waals surface area contributed by atoms with Crippen molar-refractivity contribution in [2.45, 2.75) is 60.4 Å². The average Bonchev–Trinajstić information content (AvgIpc) is 2.23. The minimum absolute atomic E-state index is 0.0431. The number of hydrogen-bond acceptors (Lipinski definition) is 2. The first-order chi connectivity index (χ1) is 8.14. The zero-order valence-corrected chi connectivity index (χ0v) is 12.9. The van der Waals surface area contributed by atoms with E-state index in [-0.39, 0.29) is 22.8 Å². The van der Waals surface area contributed by atoms with Crippen LogP contribution in [0.3, 0.4) is 0 Å². The topological polar surface area (TPSA) is 41.1 Å². The van der Waals surface area contributed by atoms with Gasteiger partial charge < -0.3 is 10.6 Å². The van der Waals surface area contributed by atoms with Crippen molar-refractivity contribution in [3.63, 3.8) is 0 Å². The van der Waals surface area contributed by atoms with Crippen LogP contribution in [0.1, 0.15) is 54.4 Å². The van der Waals surface area contributed by atoms with Gasteiger partial charge in [0.15, 0.2) is 0 Å². The molecule has 1 fully saturated rings. The van der Waals surface area contributed by atoms with Crippen LogP contribution in [-0.2, 0) is 4.79 Å². The number of rotatable bonds is 3. The summed E-state index contributed by atoms with van der Waals surface area (Å²) in [5.41, 5.74) is 0.302. The Morgan fingerprint density at radius 2 is 2.06 bits per heavy atom. The van der Waals surface area contributed by atoms with Gasteiger partial charge in [-0.2, -0.15) is 0 Å². The van der Waals surface area contributed by atoms with Crippen LogP contribution in [0.15, 0.2) is 0 Å². The first kappa shape index (κ1) is 15.5. The van der Waals surface area contributed by atoms with E-state index in [4.69, 9.17) is 0 Å². The fraction of sp³-hybridized carbons (Fsp3) is 0.933. The summed E-state index contributed by atoms with van der Waals surface area (Å²) in [7, 11) is 0. The zero-order chi connectivity index (χ0) is 14.0. The van der Waals surface area contributed by atoms with Gasteiger partial charge in [0.1, 0.15) is 0 Å². The summed E-state index contributed by atoms with van der Waals surface area (Å²) < 4.78 is 0. The normalized spacial score (nSPS) is 25.6. The van der Waals surface area contributed by atoms with E-state index in [0.717, 1.165) is 25.9 Å². The highest BCUT2D eigenvalue weighted by Crippen LogP contribution is 2.30. The summed E-state index contributed by atoms with van der Waals surface area (Å²) in [6, 6.07) is -0.0431. The van der Waals surface area contributed by atoms with E-state index in [9.17, 15) is 4.79 Å². The summed E-state index contributed by atoms with van der Waals surface area (Å²) >= 11 is 0. The van der Waals surface area contributed by atoms with Crippen LogP contribution in [0.4, 0.5) is 0 Å². The Kier molecular flexibility index (Phi) is 4.82. The van der Waals surface area contributed by atoms with Gasteiger partial charge in [0.25, 0.3) is 0 Å². The highest BCUT2D eigenvalue weighted by Gasteiger charge is 2.37. The van der Waals surface area contributed by atoms with Gasteiger partial charge in [0, 0.05) is 6.54 Å². The molecule has 0 spiro atoms. The van der Waals surface area contributed by atoms with E-state index in [1.807, 2.05) is 0 Å². The van der Waals surface area contributed by atoms with Crippen LogP contribution in [0.25, 0.3) is 0 Å². The average molecular weight is 254 g/mol. The van der Waals surface area contributed by atoms with Crippen LogP contribution in [-0.4, -0.2) is 25.0 Å². The SMILES string of the molecule is CC(CNC(=O)C1NCCCC1(C)C)C(C)(C)C. The fourth-order valence-electron chi connectivity index (χ4n) is 2.32. The lowest BCUT2D eigenvalue weighted by atomic mass is 9.77. The Morgan fingerprint density at radius 1 is 1.44 bits per heavy atom. The number of piperidine rings is 1. The van der Waals surface area contributed by atoms with Gasteiger partial charge in [-0.05, 0) is 36.1 Å². The minimum atomic E-state index is -0.0431. The number of carbonyl (C=O) groups is 1. The van der Waals surface area contributed by atoms with E-state index in [2.05, 4.69) is 52.2 Å². The molecule has 0 aromatic rings. The van der Waals surface area contributed by atoms with Crippen LogP contribution in [0.5, 0.6) is 0 Å². The largest absolute Gasteiger partial charge is 0.354 e. The molecule has 0 bridgehead atoms. The molecule has 0 aromatic carbocycles. The maximum absolute atomic E-state index is 12.3. The second-order valence-electron chi connectivity index (χ2n) is 7.49. The van der Waals surface area contributed by atoms with Crippen LogP contribution in [0.2, 0.25) is 0 Å². The maximum atomic E-state index is 12.3. The molecule has 1 heterocycles. The number of amides is 1. The molecular formula is C15H30N2O. The Balaban J connectivity index is 2.50. The molecular weight excluding hydrogens is 224 g/mol. The third-order valence-corrected chi connectivity index (χ3v) is 4.45. The standard InChI is InChI=1S/C15H30N2O/c1-11(14(2,3)4)10-17-13(18)12-15(5,6)8-7-9-16-12/h11-12,16H,7-10H2,1-6H3,(H,17,18). The van der Waals surface area contributed by atoms with E-state index in [1.165, 1.54) is 0 Å².